The third kappa shape index (κ3) is 3.30. The Morgan fingerprint density at radius 1 is 1.36 bits per heavy atom. The van der Waals surface area contributed by atoms with Crippen LogP contribution < -0.4 is 10.9 Å². The predicted molar refractivity (Wildman–Crippen MR) is 78.3 cm³/mol. The van der Waals surface area contributed by atoms with Gasteiger partial charge in [-0.05, 0) is 24.6 Å². The Morgan fingerprint density at radius 3 is 2.73 bits per heavy atom. The number of carbonyl (C=O) groups excluding carboxylic acids is 1. The highest BCUT2D eigenvalue weighted by Gasteiger charge is 2.21. The number of hydrogen-bond donors (Lipinski definition) is 3. The van der Waals surface area contributed by atoms with Gasteiger partial charge >= 0.3 is 5.97 Å². The number of H-pyrrole nitrogens is 1. The van der Waals surface area contributed by atoms with Gasteiger partial charge in [0.25, 0.3) is 5.91 Å². The number of carboxylic acids is 1. The number of aliphatic carboxylic acids is 1. The molecule has 0 spiro atoms. The SMILES string of the molecule is CCCC(NC(=O)c1cc(=O)[nH]c2cc(F)ccc12)C(=O)O. The van der Waals surface area contributed by atoms with E-state index >= 15 is 0 Å². The zero-order valence-electron chi connectivity index (χ0n) is 11.9. The van der Waals surface area contributed by atoms with Gasteiger partial charge in [0, 0.05) is 11.5 Å². The normalized spacial score (nSPS) is 12.1. The maximum Gasteiger partial charge on any atom is 0.326 e. The van der Waals surface area contributed by atoms with Gasteiger partial charge in [-0.1, -0.05) is 13.3 Å². The molecule has 0 aliphatic carbocycles. The van der Waals surface area contributed by atoms with Gasteiger partial charge in [-0.25, -0.2) is 9.18 Å². The molecule has 1 heterocycles. The van der Waals surface area contributed by atoms with Gasteiger partial charge in [0.2, 0.25) is 5.56 Å². The number of pyridine rings is 1. The van der Waals surface area contributed by atoms with Crippen LogP contribution in [0.15, 0.2) is 29.1 Å². The van der Waals surface area contributed by atoms with Gasteiger partial charge in [0.15, 0.2) is 0 Å². The molecule has 7 heteroatoms. The number of nitrogens with one attached hydrogen (secondary N) is 2. The first-order chi connectivity index (χ1) is 10.4. The molecule has 1 aromatic heterocycles. The number of benzene rings is 1. The lowest BCUT2D eigenvalue weighted by Gasteiger charge is -2.14. The molecule has 0 aliphatic heterocycles. The lowest BCUT2D eigenvalue weighted by molar-refractivity contribution is -0.139. The highest BCUT2D eigenvalue weighted by Crippen LogP contribution is 2.16. The Kier molecular flexibility index (Phi) is 4.55. The summed E-state index contributed by atoms with van der Waals surface area (Å²) in [5.74, 6) is -2.37. The molecule has 116 valence electrons. The van der Waals surface area contributed by atoms with Gasteiger partial charge in [0.05, 0.1) is 11.1 Å². The van der Waals surface area contributed by atoms with Gasteiger partial charge in [-0.2, -0.15) is 0 Å². The Labute approximate surface area is 125 Å². The van der Waals surface area contributed by atoms with E-state index in [1.807, 2.05) is 0 Å². The molecule has 0 bridgehead atoms. The van der Waals surface area contributed by atoms with Crippen molar-refractivity contribution >= 4 is 22.8 Å². The van der Waals surface area contributed by atoms with Crippen LogP contribution in [0.25, 0.3) is 10.9 Å². The fraction of sp³-hybridized carbons (Fsp3) is 0.267. The third-order valence-electron chi connectivity index (χ3n) is 3.23. The van der Waals surface area contributed by atoms with Crippen molar-refractivity contribution in [2.45, 2.75) is 25.8 Å². The molecule has 1 amide bonds. The van der Waals surface area contributed by atoms with Crippen LogP contribution in [0.5, 0.6) is 0 Å². The van der Waals surface area contributed by atoms with Gasteiger partial charge in [-0.3, -0.25) is 9.59 Å². The standard InChI is InChI=1S/C15H15FN2O4/c1-2-3-11(15(21)22)18-14(20)10-7-13(19)17-12-6-8(16)4-5-9(10)12/h4-7,11H,2-3H2,1H3,(H,17,19)(H,18,20)(H,21,22). The molecule has 1 atom stereocenters. The molecule has 2 rings (SSSR count). The fourth-order valence-corrected chi connectivity index (χ4v) is 2.20. The Morgan fingerprint density at radius 2 is 2.09 bits per heavy atom. The van der Waals surface area contributed by atoms with E-state index in [2.05, 4.69) is 10.3 Å². The minimum absolute atomic E-state index is 0.0149. The highest BCUT2D eigenvalue weighted by molar-refractivity contribution is 6.06. The van der Waals surface area contributed by atoms with E-state index in [4.69, 9.17) is 5.11 Å². The first-order valence-corrected chi connectivity index (χ1v) is 6.78. The van der Waals surface area contributed by atoms with Crippen LogP contribution in [0.4, 0.5) is 4.39 Å². The van der Waals surface area contributed by atoms with Crippen LogP contribution >= 0.6 is 0 Å². The lowest BCUT2D eigenvalue weighted by Crippen LogP contribution is -2.41. The average molecular weight is 306 g/mol. The summed E-state index contributed by atoms with van der Waals surface area (Å²) in [5, 5.41) is 11.8. The first-order valence-electron chi connectivity index (χ1n) is 6.78. The van der Waals surface area contributed by atoms with Gasteiger partial charge < -0.3 is 15.4 Å². The molecule has 1 aromatic carbocycles. The largest absolute Gasteiger partial charge is 0.480 e. The van der Waals surface area contributed by atoms with Crippen molar-refractivity contribution in [3.05, 3.63) is 46.0 Å². The lowest BCUT2D eigenvalue weighted by atomic mass is 10.1. The maximum atomic E-state index is 13.2. The van der Waals surface area contributed by atoms with Crippen molar-refractivity contribution in [3.63, 3.8) is 0 Å². The summed E-state index contributed by atoms with van der Waals surface area (Å²) in [6, 6.07) is 3.67. The number of hydrogen-bond acceptors (Lipinski definition) is 3. The van der Waals surface area contributed by atoms with E-state index in [-0.39, 0.29) is 17.5 Å². The number of aromatic amines is 1. The van der Waals surface area contributed by atoms with Gasteiger partial charge in [-0.15, -0.1) is 0 Å². The summed E-state index contributed by atoms with van der Waals surface area (Å²) < 4.78 is 13.2. The molecule has 2 aromatic rings. The van der Waals surface area contributed by atoms with Crippen LogP contribution in [0.2, 0.25) is 0 Å². The molecule has 0 fully saturated rings. The topological polar surface area (TPSA) is 99.3 Å². The van der Waals surface area contributed by atoms with Crippen molar-refractivity contribution in [1.29, 1.82) is 0 Å². The number of rotatable bonds is 5. The number of aromatic nitrogens is 1. The van der Waals surface area contributed by atoms with E-state index in [0.717, 1.165) is 18.2 Å². The maximum absolute atomic E-state index is 13.2. The summed E-state index contributed by atoms with van der Waals surface area (Å²) in [7, 11) is 0. The predicted octanol–water partition coefficient (Wildman–Crippen LogP) is 1.65. The average Bonchev–Trinajstić information content (AvgIpc) is 2.45. The quantitative estimate of drug-likeness (QED) is 0.782. The number of amides is 1. The second kappa shape index (κ2) is 6.38. The first kappa shape index (κ1) is 15.7. The summed E-state index contributed by atoms with van der Waals surface area (Å²) in [4.78, 5) is 37.4. The summed E-state index contributed by atoms with van der Waals surface area (Å²) >= 11 is 0. The summed E-state index contributed by atoms with van der Waals surface area (Å²) in [5.41, 5.74) is -0.369. The summed E-state index contributed by atoms with van der Waals surface area (Å²) in [6.07, 6.45) is 0.857. The van der Waals surface area contributed by atoms with Crippen molar-refractivity contribution in [1.82, 2.24) is 10.3 Å². The van der Waals surface area contributed by atoms with E-state index in [0.29, 0.717) is 11.8 Å². The molecule has 0 saturated heterocycles. The molecular weight excluding hydrogens is 291 g/mol. The van der Waals surface area contributed by atoms with Gasteiger partial charge in [0.1, 0.15) is 11.9 Å². The molecule has 0 saturated carbocycles. The second-order valence-corrected chi connectivity index (χ2v) is 4.89. The van der Waals surface area contributed by atoms with Crippen molar-refractivity contribution < 1.29 is 19.1 Å². The van der Waals surface area contributed by atoms with Crippen molar-refractivity contribution in [3.8, 4) is 0 Å². The Hall–Kier alpha value is -2.70. The molecule has 6 nitrogen and oxygen atoms in total. The third-order valence-corrected chi connectivity index (χ3v) is 3.23. The fourth-order valence-electron chi connectivity index (χ4n) is 2.20. The molecule has 0 aliphatic rings. The van der Waals surface area contributed by atoms with Crippen LogP contribution in [-0.2, 0) is 4.79 Å². The minimum atomic E-state index is -1.14. The van der Waals surface area contributed by atoms with E-state index in [1.54, 1.807) is 6.92 Å². The number of fused-ring (bicyclic) bond motifs is 1. The molecule has 1 unspecified atom stereocenters. The zero-order valence-corrected chi connectivity index (χ0v) is 11.9. The number of carboxylic acid groups (broad SMARTS) is 1. The van der Waals surface area contributed by atoms with E-state index in [9.17, 15) is 18.8 Å². The Bertz CT molecular complexity index is 785. The highest BCUT2D eigenvalue weighted by atomic mass is 19.1. The zero-order chi connectivity index (χ0) is 16.3. The van der Waals surface area contributed by atoms with Crippen LogP contribution in [0.1, 0.15) is 30.1 Å². The molecule has 3 N–H and O–H groups in total. The van der Waals surface area contributed by atoms with Crippen LogP contribution in [-0.4, -0.2) is 28.0 Å². The second-order valence-electron chi connectivity index (χ2n) is 4.89. The monoisotopic (exact) mass is 306 g/mol. The smallest absolute Gasteiger partial charge is 0.326 e. The van der Waals surface area contributed by atoms with Crippen molar-refractivity contribution in [2.75, 3.05) is 0 Å². The van der Waals surface area contributed by atoms with Crippen LogP contribution in [0, 0.1) is 5.82 Å². The summed E-state index contributed by atoms with van der Waals surface area (Å²) in [6.45, 7) is 1.80. The number of carbonyl (C=O) groups is 2. The van der Waals surface area contributed by atoms with E-state index < -0.39 is 29.3 Å². The van der Waals surface area contributed by atoms with Crippen LogP contribution in [0.3, 0.4) is 0 Å². The molecule has 22 heavy (non-hydrogen) atoms. The minimum Gasteiger partial charge on any atom is -0.480 e. The van der Waals surface area contributed by atoms with E-state index in [1.165, 1.54) is 6.07 Å². The van der Waals surface area contributed by atoms with Crippen molar-refractivity contribution in [2.24, 2.45) is 0 Å². The molecular formula is C15H15FN2O4. The Balaban J connectivity index is 2.43. The molecule has 0 radical (unpaired) electrons. The number of halogens is 1.